The van der Waals surface area contributed by atoms with Crippen molar-refractivity contribution in [3.63, 3.8) is 0 Å². The zero-order valence-corrected chi connectivity index (χ0v) is 13.1. The van der Waals surface area contributed by atoms with E-state index in [0.717, 1.165) is 13.1 Å². The Morgan fingerprint density at radius 1 is 1.04 bits per heavy atom. The van der Waals surface area contributed by atoms with Crippen LogP contribution in [0.15, 0.2) is 48.5 Å². The van der Waals surface area contributed by atoms with Crippen LogP contribution in [0.5, 0.6) is 0 Å². The Bertz CT molecular complexity index is 663. The second kappa shape index (κ2) is 7.27. The van der Waals surface area contributed by atoms with Gasteiger partial charge in [-0.05, 0) is 55.2 Å². The van der Waals surface area contributed by atoms with Crippen molar-refractivity contribution >= 4 is 11.6 Å². The van der Waals surface area contributed by atoms with E-state index >= 15 is 0 Å². The number of carbonyl (C=O) groups excluding carboxylic acids is 1. The number of hydrogen-bond acceptors (Lipinski definition) is 2. The minimum Gasteiger partial charge on any atom is -0.372 e. The first kappa shape index (κ1) is 15.5. The zero-order chi connectivity index (χ0) is 16.1. The Morgan fingerprint density at radius 2 is 1.74 bits per heavy atom. The average molecular weight is 312 g/mol. The van der Waals surface area contributed by atoms with E-state index in [4.69, 9.17) is 0 Å². The van der Waals surface area contributed by atoms with Gasteiger partial charge in [-0.3, -0.25) is 4.79 Å². The fraction of sp³-hybridized carbons (Fsp3) is 0.316. The predicted octanol–water partition coefficient (Wildman–Crippen LogP) is 3.40. The Kier molecular flexibility index (Phi) is 4.91. The summed E-state index contributed by atoms with van der Waals surface area (Å²) in [5.74, 6) is -0.342. The molecule has 0 unspecified atom stereocenters. The van der Waals surface area contributed by atoms with E-state index in [0.29, 0.717) is 24.1 Å². The Balaban J connectivity index is 1.53. The van der Waals surface area contributed by atoms with Crippen molar-refractivity contribution in [2.45, 2.75) is 19.3 Å². The molecule has 0 bridgehead atoms. The van der Waals surface area contributed by atoms with Crippen LogP contribution in [0.25, 0.3) is 0 Å². The quantitative estimate of drug-likeness (QED) is 0.918. The highest BCUT2D eigenvalue weighted by Crippen LogP contribution is 2.20. The summed E-state index contributed by atoms with van der Waals surface area (Å²) >= 11 is 0. The van der Waals surface area contributed by atoms with Gasteiger partial charge in [-0.25, -0.2) is 4.39 Å². The molecule has 0 aliphatic carbocycles. The average Bonchev–Trinajstić information content (AvgIpc) is 3.11. The van der Waals surface area contributed by atoms with Crippen LogP contribution in [-0.2, 0) is 6.42 Å². The van der Waals surface area contributed by atoms with Crippen LogP contribution in [0, 0.1) is 5.82 Å². The number of rotatable bonds is 5. The van der Waals surface area contributed by atoms with E-state index < -0.39 is 0 Å². The molecule has 0 atom stereocenters. The van der Waals surface area contributed by atoms with Crippen LogP contribution in [0.4, 0.5) is 10.1 Å². The summed E-state index contributed by atoms with van der Waals surface area (Å²) in [5, 5.41) is 2.84. The maximum atomic E-state index is 13.5. The lowest BCUT2D eigenvalue weighted by atomic mass is 10.1. The van der Waals surface area contributed by atoms with Crippen LogP contribution >= 0.6 is 0 Å². The third-order valence-electron chi connectivity index (χ3n) is 4.24. The van der Waals surface area contributed by atoms with Crippen molar-refractivity contribution in [2.75, 3.05) is 24.5 Å². The number of nitrogens with zero attached hydrogens (tertiary/aromatic N) is 1. The Labute approximate surface area is 136 Å². The molecule has 2 aromatic rings. The molecular formula is C19H21FN2O. The number of halogens is 1. The molecule has 1 heterocycles. The molecule has 1 N–H and O–H groups in total. The van der Waals surface area contributed by atoms with E-state index in [1.165, 1.54) is 24.6 Å². The van der Waals surface area contributed by atoms with Crippen LogP contribution in [0.2, 0.25) is 0 Å². The first-order valence-corrected chi connectivity index (χ1v) is 8.10. The summed E-state index contributed by atoms with van der Waals surface area (Å²) in [6.45, 7) is 2.61. The van der Waals surface area contributed by atoms with Gasteiger partial charge in [0.2, 0.25) is 0 Å². The normalized spacial score (nSPS) is 14.0. The lowest BCUT2D eigenvalue weighted by Crippen LogP contribution is -2.26. The van der Waals surface area contributed by atoms with E-state index in [9.17, 15) is 9.18 Å². The van der Waals surface area contributed by atoms with E-state index in [1.54, 1.807) is 18.2 Å². The highest BCUT2D eigenvalue weighted by molar-refractivity contribution is 5.94. The minimum absolute atomic E-state index is 0.116. The maximum Gasteiger partial charge on any atom is 0.251 e. The molecule has 0 saturated carbocycles. The number of benzene rings is 2. The molecule has 1 amide bonds. The number of carbonyl (C=O) groups is 1. The van der Waals surface area contributed by atoms with Gasteiger partial charge < -0.3 is 10.2 Å². The van der Waals surface area contributed by atoms with Crippen molar-refractivity contribution in [3.8, 4) is 0 Å². The van der Waals surface area contributed by atoms with Crippen LogP contribution < -0.4 is 10.2 Å². The lowest BCUT2D eigenvalue weighted by molar-refractivity contribution is 0.0954. The van der Waals surface area contributed by atoms with Crippen molar-refractivity contribution in [1.82, 2.24) is 5.32 Å². The first-order valence-electron chi connectivity index (χ1n) is 8.10. The monoisotopic (exact) mass is 312 g/mol. The van der Waals surface area contributed by atoms with Crippen molar-refractivity contribution in [1.29, 1.82) is 0 Å². The summed E-state index contributed by atoms with van der Waals surface area (Å²) < 4.78 is 13.5. The number of anilines is 1. The number of amides is 1. The SMILES string of the molecule is O=C(NCCc1ccccc1F)c1ccc(N2CCCC2)cc1. The molecular weight excluding hydrogens is 291 g/mol. The molecule has 0 radical (unpaired) electrons. The van der Waals surface area contributed by atoms with E-state index in [1.807, 2.05) is 24.3 Å². The molecule has 1 saturated heterocycles. The molecule has 2 aromatic carbocycles. The van der Waals surface area contributed by atoms with Crippen LogP contribution in [0.1, 0.15) is 28.8 Å². The lowest BCUT2D eigenvalue weighted by Gasteiger charge is -2.17. The number of hydrogen-bond donors (Lipinski definition) is 1. The van der Waals surface area contributed by atoms with Gasteiger partial charge in [0, 0.05) is 30.9 Å². The van der Waals surface area contributed by atoms with Gasteiger partial charge in [0.15, 0.2) is 0 Å². The topological polar surface area (TPSA) is 32.3 Å². The van der Waals surface area contributed by atoms with Crippen molar-refractivity contribution < 1.29 is 9.18 Å². The third kappa shape index (κ3) is 3.89. The van der Waals surface area contributed by atoms with Gasteiger partial charge in [-0.2, -0.15) is 0 Å². The van der Waals surface area contributed by atoms with E-state index in [-0.39, 0.29) is 11.7 Å². The van der Waals surface area contributed by atoms with E-state index in [2.05, 4.69) is 10.2 Å². The zero-order valence-electron chi connectivity index (χ0n) is 13.1. The van der Waals surface area contributed by atoms with Gasteiger partial charge in [-0.15, -0.1) is 0 Å². The summed E-state index contributed by atoms with van der Waals surface area (Å²) in [6, 6.07) is 14.4. The second-order valence-corrected chi connectivity index (χ2v) is 5.84. The molecule has 1 aliphatic heterocycles. The van der Waals surface area contributed by atoms with Gasteiger partial charge >= 0.3 is 0 Å². The molecule has 0 aromatic heterocycles. The molecule has 1 aliphatic rings. The standard InChI is InChI=1S/C19H21FN2O/c20-18-6-2-1-5-15(18)11-12-21-19(23)16-7-9-17(10-8-16)22-13-3-4-14-22/h1-2,5-10H,3-4,11-14H2,(H,21,23). The fourth-order valence-electron chi connectivity index (χ4n) is 2.91. The molecule has 3 nitrogen and oxygen atoms in total. The Morgan fingerprint density at radius 3 is 2.43 bits per heavy atom. The molecule has 4 heteroatoms. The van der Waals surface area contributed by atoms with Gasteiger partial charge in [-0.1, -0.05) is 18.2 Å². The minimum atomic E-state index is -0.225. The smallest absolute Gasteiger partial charge is 0.251 e. The molecule has 1 fully saturated rings. The second-order valence-electron chi connectivity index (χ2n) is 5.84. The molecule has 3 rings (SSSR count). The number of nitrogens with one attached hydrogen (secondary N) is 1. The van der Waals surface area contributed by atoms with Gasteiger partial charge in [0.05, 0.1) is 0 Å². The largest absolute Gasteiger partial charge is 0.372 e. The Hall–Kier alpha value is -2.36. The molecule has 120 valence electrons. The summed E-state index contributed by atoms with van der Waals surface area (Å²) in [5.41, 5.74) is 2.43. The summed E-state index contributed by atoms with van der Waals surface area (Å²) in [4.78, 5) is 14.5. The highest BCUT2D eigenvalue weighted by Gasteiger charge is 2.13. The van der Waals surface area contributed by atoms with Crippen LogP contribution in [0.3, 0.4) is 0 Å². The predicted molar refractivity (Wildman–Crippen MR) is 90.3 cm³/mol. The van der Waals surface area contributed by atoms with Crippen molar-refractivity contribution in [3.05, 3.63) is 65.5 Å². The van der Waals surface area contributed by atoms with Gasteiger partial charge in [0.25, 0.3) is 5.91 Å². The fourth-order valence-corrected chi connectivity index (χ4v) is 2.91. The summed E-state index contributed by atoms with van der Waals surface area (Å²) in [6.07, 6.45) is 2.96. The van der Waals surface area contributed by atoms with Crippen LogP contribution in [-0.4, -0.2) is 25.5 Å². The van der Waals surface area contributed by atoms with Crippen molar-refractivity contribution in [2.24, 2.45) is 0 Å². The first-order chi connectivity index (χ1) is 11.2. The molecule has 23 heavy (non-hydrogen) atoms. The summed E-state index contributed by atoms with van der Waals surface area (Å²) in [7, 11) is 0. The van der Waals surface area contributed by atoms with Gasteiger partial charge in [0.1, 0.15) is 5.82 Å². The third-order valence-corrected chi connectivity index (χ3v) is 4.24. The maximum absolute atomic E-state index is 13.5. The highest BCUT2D eigenvalue weighted by atomic mass is 19.1. The molecule has 0 spiro atoms.